The number of amides is 1. The molecule has 0 atom stereocenters. The van der Waals surface area contributed by atoms with Gasteiger partial charge in [-0.1, -0.05) is 6.07 Å². The van der Waals surface area contributed by atoms with Crippen molar-refractivity contribution >= 4 is 11.6 Å². The van der Waals surface area contributed by atoms with Crippen LogP contribution >= 0.6 is 0 Å². The molecule has 0 radical (unpaired) electrons. The third kappa shape index (κ3) is 6.36. The molecule has 0 saturated carbocycles. The van der Waals surface area contributed by atoms with E-state index in [0.717, 1.165) is 16.8 Å². The van der Waals surface area contributed by atoms with E-state index in [1.54, 1.807) is 18.7 Å². The van der Waals surface area contributed by atoms with Crippen LogP contribution < -0.4 is 5.32 Å². The largest absolute Gasteiger partial charge is 0.389 e. The minimum atomic E-state index is -0.797. The van der Waals surface area contributed by atoms with Crippen LogP contribution in [0.2, 0.25) is 0 Å². The Morgan fingerprint density at radius 3 is 2.26 bits per heavy atom. The monoisotopic (exact) mass is 264 g/mol. The molecule has 0 aromatic heterocycles. The lowest BCUT2D eigenvalue weighted by molar-refractivity contribution is -0.117. The summed E-state index contributed by atoms with van der Waals surface area (Å²) in [5, 5.41) is 12.6. The maximum absolute atomic E-state index is 11.9. The Morgan fingerprint density at radius 1 is 1.26 bits per heavy atom. The number of carbonyl (C=O) groups is 1. The van der Waals surface area contributed by atoms with Gasteiger partial charge in [-0.2, -0.15) is 0 Å². The first-order chi connectivity index (χ1) is 8.65. The number of anilines is 1. The van der Waals surface area contributed by atoms with Crippen LogP contribution in [0.3, 0.4) is 0 Å². The third-order valence-corrected chi connectivity index (χ3v) is 2.58. The first-order valence-electron chi connectivity index (χ1n) is 6.45. The molecule has 2 N–H and O–H groups in total. The summed E-state index contributed by atoms with van der Waals surface area (Å²) < 4.78 is 0. The van der Waals surface area contributed by atoms with Crippen LogP contribution in [0.15, 0.2) is 18.2 Å². The summed E-state index contributed by atoms with van der Waals surface area (Å²) in [6, 6.07) is 5.96. The van der Waals surface area contributed by atoms with Gasteiger partial charge in [0.05, 0.1) is 12.1 Å². The Kier molecular flexibility index (Phi) is 5.09. The smallest absolute Gasteiger partial charge is 0.238 e. The van der Waals surface area contributed by atoms with Gasteiger partial charge >= 0.3 is 0 Å². The molecule has 0 aliphatic carbocycles. The van der Waals surface area contributed by atoms with Gasteiger partial charge in [0.2, 0.25) is 5.91 Å². The SMILES string of the molecule is Cc1cc(C)cc(NC(=O)CN(C)CC(C)(C)O)c1. The molecule has 0 fully saturated rings. The highest BCUT2D eigenvalue weighted by atomic mass is 16.3. The standard InChI is InChI=1S/C15H24N2O2/c1-11-6-12(2)8-13(7-11)16-14(18)9-17(5)10-15(3,4)19/h6-8,19H,9-10H2,1-5H3,(H,16,18). The van der Waals surface area contributed by atoms with Gasteiger partial charge in [0, 0.05) is 12.2 Å². The van der Waals surface area contributed by atoms with E-state index in [2.05, 4.69) is 11.4 Å². The molecule has 0 spiro atoms. The number of aryl methyl sites for hydroxylation is 2. The minimum Gasteiger partial charge on any atom is -0.389 e. The molecule has 4 nitrogen and oxygen atoms in total. The van der Waals surface area contributed by atoms with E-state index >= 15 is 0 Å². The first kappa shape index (κ1) is 15.7. The number of nitrogens with zero attached hydrogens (tertiary/aromatic N) is 1. The number of rotatable bonds is 5. The van der Waals surface area contributed by atoms with Crippen molar-refractivity contribution in [3.8, 4) is 0 Å². The number of aliphatic hydroxyl groups is 1. The molecule has 1 rings (SSSR count). The normalized spacial score (nSPS) is 11.7. The van der Waals surface area contributed by atoms with Gasteiger partial charge in [0.1, 0.15) is 0 Å². The number of benzene rings is 1. The molecule has 0 aliphatic heterocycles. The van der Waals surface area contributed by atoms with Gasteiger partial charge in [0.25, 0.3) is 0 Å². The van der Waals surface area contributed by atoms with Crippen molar-refractivity contribution in [2.75, 3.05) is 25.5 Å². The molecule has 4 heteroatoms. The Hall–Kier alpha value is -1.39. The second kappa shape index (κ2) is 6.17. The highest BCUT2D eigenvalue weighted by molar-refractivity contribution is 5.92. The Bertz CT molecular complexity index is 430. The minimum absolute atomic E-state index is 0.0725. The molecule has 1 aromatic carbocycles. The van der Waals surface area contributed by atoms with E-state index in [9.17, 15) is 9.90 Å². The third-order valence-electron chi connectivity index (χ3n) is 2.58. The van der Waals surface area contributed by atoms with E-state index in [0.29, 0.717) is 6.54 Å². The average Bonchev–Trinajstić information content (AvgIpc) is 2.10. The lowest BCUT2D eigenvalue weighted by Gasteiger charge is -2.24. The van der Waals surface area contributed by atoms with E-state index in [1.807, 2.05) is 33.0 Å². The van der Waals surface area contributed by atoms with E-state index < -0.39 is 5.60 Å². The van der Waals surface area contributed by atoms with Crippen LogP contribution in [-0.4, -0.2) is 41.7 Å². The fourth-order valence-corrected chi connectivity index (χ4v) is 2.21. The summed E-state index contributed by atoms with van der Waals surface area (Å²) in [6.45, 7) is 8.17. The lowest BCUT2D eigenvalue weighted by Crippen LogP contribution is -2.40. The van der Waals surface area contributed by atoms with Crippen molar-refractivity contribution in [3.05, 3.63) is 29.3 Å². The number of nitrogens with one attached hydrogen (secondary N) is 1. The van der Waals surface area contributed by atoms with Crippen molar-refractivity contribution in [2.24, 2.45) is 0 Å². The summed E-state index contributed by atoms with van der Waals surface area (Å²) >= 11 is 0. The fraction of sp³-hybridized carbons (Fsp3) is 0.533. The second-order valence-corrected chi connectivity index (χ2v) is 5.91. The Balaban J connectivity index is 2.55. The van der Waals surface area contributed by atoms with Crippen LogP contribution in [-0.2, 0) is 4.79 Å². The Morgan fingerprint density at radius 2 is 1.79 bits per heavy atom. The predicted molar refractivity (Wildman–Crippen MR) is 78.3 cm³/mol. The van der Waals surface area contributed by atoms with E-state index in [1.165, 1.54) is 0 Å². The van der Waals surface area contributed by atoms with Crippen LogP contribution in [0.4, 0.5) is 5.69 Å². The zero-order chi connectivity index (χ0) is 14.6. The summed E-state index contributed by atoms with van der Waals surface area (Å²) in [5.74, 6) is -0.0725. The van der Waals surface area contributed by atoms with Crippen molar-refractivity contribution in [3.63, 3.8) is 0 Å². The van der Waals surface area contributed by atoms with Crippen molar-refractivity contribution in [1.29, 1.82) is 0 Å². The number of carbonyl (C=O) groups excluding carboxylic acids is 1. The second-order valence-electron chi connectivity index (χ2n) is 5.91. The molecule has 0 saturated heterocycles. The maximum Gasteiger partial charge on any atom is 0.238 e. The number of hydrogen-bond acceptors (Lipinski definition) is 3. The predicted octanol–water partition coefficient (Wildman–Crippen LogP) is 1.94. The van der Waals surface area contributed by atoms with E-state index in [-0.39, 0.29) is 12.5 Å². The van der Waals surface area contributed by atoms with Crippen LogP contribution in [0.25, 0.3) is 0 Å². The van der Waals surface area contributed by atoms with Crippen molar-refractivity contribution in [1.82, 2.24) is 4.90 Å². The van der Waals surface area contributed by atoms with Crippen LogP contribution in [0.1, 0.15) is 25.0 Å². The molecule has 0 heterocycles. The number of likely N-dealkylation sites (N-methyl/N-ethyl adjacent to an activating group) is 1. The molecular weight excluding hydrogens is 240 g/mol. The van der Waals surface area contributed by atoms with Gasteiger partial charge in [-0.05, 0) is 58.0 Å². The quantitative estimate of drug-likeness (QED) is 0.854. The molecule has 0 aliphatic rings. The zero-order valence-corrected chi connectivity index (χ0v) is 12.4. The molecular formula is C15H24N2O2. The van der Waals surface area contributed by atoms with Gasteiger partial charge < -0.3 is 10.4 Å². The van der Waals surface area contributed by atoms with E-state index in [4.69, 9.17) is 0 Å². The van der Waals surface area contributed by atoms with Crippen molar-refractivity contribution in [2.45, 2.75) is 33.3 Å². The Labute approximate surface area is 115 Å². The van der Waals surface area contributed by atoms with Gasteiger partial charge in [-0.25, -0.2) is 0 Å². The molecule has 0 unspecified atom stereocenters. The van der Waals surface area contributed by atoms with Gasteiger partial charge in [-0.15, -0.1) is 0 Å². The fourth-order valence-electron chi connectivity index (χ4n) is 2.21. The van der Waals surface area contributed by atoms with Crippen LogP contribution in [0.5, 0.6) is 0 Å². The molecule has 106 valence electrons. The molecule has 19 heavy (non-hydrogen) atoms. The maximum atomic E-state index is 11.9. The highest BCUT2D eigenvalue weighted by Crippen LogP contribution is 2.13. The lowest BCUT2D eigenvalue weighted by atomic mass is 10.1. The van der Waals surface area contributed by atoms with Gasteiger partial charge in [-0.3, -0.25) is 9.69 Å². The summed E-state index contributed by atoms with van der Waals surface area (Å²) in [4.78, 5) is 13.7. The first-order valence-corrected chi connectivity index (χ1v) is 6.45. The average molecular weight is 264 g/mol. The molecule has 1 amide bonds. The zero-order valence-electron chi connectivity index (χ0n) is 12.4. The molecule has 0 bridgehead atoms. The van der Waals surface area contributed by atoms with Crippen molar-refractivity contribution < 1.29 is 9.90 Å². The van der Waals surface area contributed by atoms with Crippen LogP contribution in [0, 0.1) is 13.8 Å². The summed E-state index contributed by atoms with van der Waals surface area (Å²) in [6.07, 6.45) is 0. The topological polar surface area (TPSA) is 52.6 Å². The van der Waals surface area contributed by atoms with Gasteiger partial charge in [0.15, 0.2) is 0 Å². The number of hydrogen-bond donors (Lipinski definition) is 2. The molecule has 1 aromatic rings. The highest BCUT2D eigenvalue weighted by Gasteiger charge is 2.17. The summed E-state index contributed by atoms with van der Waals surface area (Å²) in [5.41, 5.74) is 2.27. The summed E-state index contributed by atoms with van der Waals surface area (Å²) in [7, 11) is 1.82.